The van der Waals surface area contributed by atoms with Crippen molar-refractivity contribution in [3.63, 3.8) is 0 Å². The average molecular weight is 261 g/mol. The van der Waals surface area contributed by atoms with Crippen LogP contribution in [0, 0.1) is 0 Å². The Morgan fingerprint density at radius 2 is 1.95 bits per heavy atom. The van der Waals surface area contributed by atoms with Gasteiger partial charge in [-0.2, -0.15) is 0 Å². The number of benzene rings is 1. The Bertz CT molecular complexity index is 487. The lowest BCUT2D eigenvalue weighted by molar-refractivity contribution is -0.136. The molecule has 0 radical (unpaired) electrons. The molecule has 1 aliphatic rings. The van der Waals surface area contributed by atoms with Crippen molar-refractivity contribution in [1.29, 1.82) is 0 Å². The smallest absolute Gasteiger partial charge is 0.240 e. The van der Waals surface area contributed by atoms with Gasteiger partial charge in [0.05, 0.1) is 6.42 Å². The first-order valence-electron chi connectivity index (χ1n) is 6.49. The second kappa shape index (κ2) is 5.84. The van der Waals surface area contributed by atoms with Gasteiger partial charge in [0, 0.05) is 13.1 Å². The third-order valence-corrected chi connectivity index (χ3v) is 3.58. The van der Waals surface area contributed by atoms with Crippen molar-refractivity contribution in [2.45, 2.75) is 31.8 Å². The number of carbonyl (C=O) groups excluding carboxylic acids is 2. The van der Waals surface area contributed by atoms with Crippen LogP contribution in [-0.4, -0.2) is 29.3 Å². The molecule has 0 aliphatic carbocycles. The highest BCUT2D eigenvalue weighted by molar-refractivity contribution is 5.88. The highest BCUT2D eigenvalue weighted by Gasteiger charge is 2.32. The molecule has 1 heterocycles. The van der Waals surface area contributed by atoms with Crippen molar-refractivity contribution in [1.82, 2.24) is 4.90 Å². The van der Waals surface area contributed by atoms with Crippen LogP contribution in [0.4, 0.5) is 0 Å². The van der Waals surface area contributed by atoms with Gasteiger partial charge in [0.1, 0.15) is 6.04 Å². The Morgan fingerprint density at radius 1 is 1.26 bits per heavy atom. The Hall–Kier alpha value is -1.88. The number of amides is 2. The third-order valence-electron chi connectivity index (χ3n) is 3.58. The first-order chi connectivity index (χ1) is 9.13. The zero-order chi connectivity index (χ0) is 13.8. The van der Waals surface area contributed by atoms with Crippen LogP contribution in [0.3, 0.4) is 0 Å². The van der Waals surface area contributed by atoms with E-state index in [1.807, 2.05) is 24.3 Å². The van der Waals surface area contributed by atoms with Crippen LogP contribution in [0.25, 0.3) is 0 Å². The monoisotopic (exact) mass is 261 g/mol. The van der Waals surface area contributed by atoms with Gasteiger partial charge in [0.15, 0.2) is 0 Å². The fourth-order valence-corrected chi connectivity index (χ4v) is 2.55. The maximum atomic E-state index is 12.3. The fraction of sp³-hybridized carbons (Fsp3) is 0.429. The number of hydrogen-bond acceptors (Lipinski definition) is 3. The quantitative estimate of drug-likeness (QED) is 0.809. The van der Waals surface area contributed by atoms with Gasteiger partial charge in [-0.25, -0.2) is 0 Å². The molecule has 5 heteroatoms. The molecule has 1 fully saturated rings. The van der Waals surface area contributed by atoms with Crippen LogP contribution < -0.4 is 11.5 Å². The van der Waals surface area contributed by atoms with E-state index in [4.69, 9.17) is 11.5 Å². The maximum absolute atomic E-state index is 12.3. The summed E-state index contributed by atoms with van der Waals surface area (Å²) >= 11 is 0. The summed E-state index contributed by atoms with van der Waals surface area (Å²) < 4.78 is 0. The van der Waals surface area contributed by atoms with E-state index < -0.39 is 11.9 Å². The molecular weight excluding hydrogens is 242 g/mol. The lowest BCUT2D eigenvalue weighted by Gasteiger charge is -2.22. The van der Waals surface area contributed by atoms with Crippen molar-refractivity contribution < 1.29 is 9.59 Å². The summed E-state index contributed by atoms with van der Waals surface area (Å²) in [5.74, 6) is -0.472. The zero-order valence-corrected chi connectivity index (χ0v) is 10.8. The first-order valence-corrected chi connectivity index (χ1v) is 6.49. The predicted octanol–water partition coefficient (Wildman–Crippen LogP) is 0.164. The molecule has 1 aromatic rings. The van der Waals surface area contributed by atoms with Crippen LogP contribution in [0.1, 0.15) is 24.0 Å². The second-order valence-electron chi connectivity index (χ2n) is 4.80. The number of nitrogens with zero attached hydrogens (tertiary/aromatic N) is 1. The van der Waals surface area contributed by atoms with Crippen molar-refractivity contribution >= 4 is 11.8 Å². The van der Waals surface area contributed by atoms with Gasteiger partial charge in [-0.15, -0.1) is 0 Å². The summed E-state index contributed by atoms with van der Waals surface area (Å²) in [5.41, 5.74) is 12.9. The topological polar surface area (TPSA) is 89.4 Å². The highest BCUT2D eigenvalue weighted by Crippen LogP contribution is 2.19. The molecule has 1 unspecified atom stereocenters. The van der Waals surface area contributed by atoms with Gasteiger partial charge >= 0.3 is 0 Å². The molecule has 0 bridgehead atoms. The van der Waals surface area contributed by atoms with Crippen LogP contribution >= 0.6 is 0 Å². The van der Waals surface area contributed by atoms with E-state index in [1.165, 1.54) is 0 Å². The van der Waals surface area contributed by atoms with E-state index in [-0.39, 0.29) is 12.3 Å². The Labute approximate surface area is 112 Å². The van der Waals surface area contributed by atoms with Gasteiger partial charge < -0.3 is 16.4 Å². The van der Waals surface area contributed by atoms with E-state index in [2.05, 4.69) is 0 Å². The number of rotatable bonds is 4. The molecule has 5 nitrogen and oxygen atoms in total. The fourth-order valence-electron chi connectivity index (χ4n) is 2.55. The van der Waals surface area contributed by atoms with E-state index in [0.29, 0.717) is 19.5 Å². The van der Waals surface area contributed by atoms with E-state index in [0.717, 1.165) is 17.5 Å². The Kier molecular flexibility index (Phi) is 4.16. The minimum atomic E-state index is -0.447. The van der Waals surface area contributed by atoms with Crippen molar-refractivity contribution in [2.24, 2.45) is 11.5 Å². The van der Waals surface area contributed by atoms with Gasteiger partial charge in [-0.3, -0.25) is 9.59 Å². The second-order valence-corrected chi connectivity index (χ2v) is 4.80. The molecule has 1 saturated heterocycles. The largest absolute Gasteiger partial charge is 0.368 e. The van der Waals surface area contributed by atoms with Gasteiger partial charge in [-0.05, 0) is 24.0 Å². The normalized spacial score (nSPS) is 18.6. The molecule has 102 valence electrons. The van der Waals surface area contributed by atoms with Gasteiger partial charge in [-0.1, -0.05) is 24.3 Å². The maximum Gasteiger partial charge on any atom is 0.240 e. The zero-order valence-electron chi connectivity index (χ0n) is 10.8. The first kappa shape index (κ1) is 13.5. The summed E-state index contributed by atoms with van der Waals surface area (Å²) in [5, 5.41) is 0. The number of likely N-dealkylation sites (tertiary alicyclic amines) is 1. The summed E-state index contributed by atoms with van der Waals surface area (Å²) in [6.07, 6.45) is 1.77. The van der Waals surface area contributed by atoms with Gasteiger partial charge in [0.25, 0.3) is 0 Å². The molecule has 1 atom stereocenters. The van der Waals surface area contributed by atoms with E-state index >= 15 is 0 Å². The lowest BCUT2D eigenvalue weighted by Crippen LogP contribution is -2.44. The molecule has 1 aliphatic heterocycles. The van der Waals surface area contributed by atoms with Crippen molar-refractivity contribution in [3.05, 3.63) is 35.4 Å². The van der Waals surface area contributed by atoms with Crippen LogP contribution in [0.2, 0.25) is 0 Å². The van der Waals surface area contributed by atoms with Gasteiger partial charge in [0.2, 0.25) is 11.8 Å². The summed E-state index contributed by atoms with van der Waals surface area (Å²) in [4.78, 5) is 25.2. The van der Waals surface area contributed by atoms with Crippen LogP contribution in [0.5, 0.6) is 0 Å². The molecule has 4 N–H and O–H groups in total. The standard InChI is InChI=1S/C14H19N3O2/c15-9-11-5-2-1-4-10(11)8-13(18)17-7-3-6-12(17)14(16)19/h1-2,4-5,12H,3,6-9,15H2,(H2,16,19). The average Bonchev–Trinajstić information content (AvgIpc) is 2.88. The SMILES string of the molecule is NCc1ccccc1CC(=O)N1CCCC1C(N)=O. The predicted molar refractivity (Wildman–Crippen MR) is 72.0 cm³/mol. The van der Waals surface area contributed by atoms with E-state index in [1.54, 1.807) is 4.90 Å². The van der Waals surface area contributed by atoms with E-state index in [9.17, 15) is 9.59 Å². The molecule has 0 spiro atoms. The minimum absolute atomic E-state index is 0.0535. The van der Waals surface area contributed by atoms with Crippen molar-refractivity contribution in [2.75, 3.05) is 6.54 Å². The molecular formula is C14H19N3O2. The minimum Gasteiger partial charge on any atom is -0.368 e. The van der Waals surface area contributed by atoms with Crippen molar-refractivity contribution in [3.8, 4) is 0 Å². The molecule has 2 amide bonds. The van der Waals surface area contributed by atoms with Crippen LogP contribution in [0.15, 0.2) is 24.3 Å². The summed E-state index contributed by atoms with van der Waals surface area (Å²) in [6.45, 7) is 1.01. The molecule has 1 aromatic carbocycles. The number of nitrogens with two attached hydrogens (primary N) is 2. The number of carbonyl (C=O) groups is 2. The Morgan fingerprint density at radius 3 is 2.58 bits per heavy atom. The summed E-state index contributed by atoms with van der Waals surface area (Å²) in [6, 6.07) is 7.15. The molecule has 19 heavy (non-hydrogen) atoms. The molecule has 0 saturated carbocycles. The molecule has 0 aromatic heterocycles. The highest BCUT2D eigenvalue weighted by atomic mass is 16.2. The lowest BCUT2D eigenvalue weighted by atomic mass is 10.0. The molecule has 2 rings (SSSR count). The number of hydrogen-bond donors (Lipinski definition) is 2. The third kappa shape index (κ3) is 2.93. The number of primary amides is 1. The Balaban J connectivity index is 2.10. The summed E-state index contributed by atoms with van der Waals surface area (Å²) in [7, 11) is 0. The van der Waals surface area contributed by atoms with Crippen LogP contribution in [-0.2, 0) is 22.6 Å².